The molecule has 0 fully saturated rings. The van der Waals surface area contributed by atoms with Gasteiger partial charge in [-0.15, -0.1) is 0 Å². The first-order chi connectivity index (χ1) is 14.6. The van der Waals surface area contributed by atoms with E-state index in [1.54, 1.807) is 10.7 Å². The molecule has 0 unspecified atom stereocenters. The van der Waals surface area contributed by atoms with Gasteiger partial charge in [-0.1, -0.05) is 72.4 Å². The molecular weight excluding hydrogens is 439 g/mol. The number of nitrogens with zero attached hydrogens (tertiary/aromatic N) is 2. The van der Waals surface area contributed by atoms with Crippen LogP contribution >= 0.6 is 15.9 Å². The fourth-order valence-corrected chi connectivity index (χ4v) is 4.43. The van der Waals surface area contributed by atoms with Crippen molar-refractivity contribution < 1.29 is 4.39 Å². The van der Waals surface area contributed by atoms with E-state index >= 15 is 4.39 Å². The van der Waals surface area contributed by atoms with E-state index in [1.165, 1.54) is 31.2 Å². The van der Waals surface area contributed by atoms with Crippen LogP contribution in [0.25, 0.3) is 33.3 Å². The van der Waals surface area contributed by atoms with E-state index in [0.717, 1.165) is 32.9 Å². The number of benzene rings is 3. The van der Waals surface area contributed by atoms with Crippen molar-refractivity contribution in [3.05, 3.63) is 76.5 Å². The van der Waals surface area contributed by atoms with E-state index < -0.39 is 0 Å². The maximum absolute atomic E-state index is 15.3. The van der Waals surface area contributed by atoms with Crippen LogP contribution in [0.3, 0.4) is 0 Å². The van der Waals surface area contributed by atoms with Crippen LogP contribution in [0.4, 0.5) is 4.39 Å². The first kappa shape index (κ1) is 20.8. The Kier molecular flexibility index (Phi) is 6.33. The Balaban J connectivity index is 1.70. The Hall–Kier alpha value is -2.46. The van der Waals surface area contributed by atoms with Gasteiger partial charge in [-0.05, 0) is 59.9 Å². The molecule has 0 saturated heterocycles. The van der Waals surface area contributed by atoms with Crippen molar-refractivity contribution in [2.24, 2.45) is 7.05 Å². The highest BCUT2D eigenvalue weighted by atomic mass is 79.9. The maximum atomic E-state index is 15.3. The van der Waals surface area contributed by atoms with Gasteiger partial charge in [0.25, 0.3) is 0 Å². The Morgan fingerprint density at radius 1 is 0.933 bits per heavy atom. The van der Waals surface area contributed by atoms with Gasteiger partial charge >= 0.3 is 0 Å². The first-order valence-electron chi connectivity index (χ1n) is 10.6. The van der Waals surface area contributed by atoms with Gasteiger partial charge in [0.1, 0.15) is 11.5 Å². The molecule has 0 N–H and O–H groups in total. The second kappa shape index (κ2) is 9.13. The SMILES string of the molecule is CCCCCCc1ccccc1-c1ccc(-c2nn(C)c3ccc(Br)cc23)c(F)c1. The molecular formula is C26H26BrFN2. The summed E-state index contributed by atoms with van der Waals surface area (Å²) in [5.41, 5.74) is 5.51. The number of hydrogen-bond donors (Lipinski definition) is 0. The summed E-state index contributed by atoms with van der Waals surface area (Å²) in [6.45, 7) is 2.22. The minimum atomic E-state index is -0.242. The molecule has 0 radical (unpaired) electrons. The van der Waals surface area contributed by atoms with Gasteiger partial charge in [0.15, 0.2) is 0 Å². The highest BCUT2D eigenvalue weighted by Crippen LogP contribution is 2.34. The fraction of sp³-hybridized carbons (Fsp3) is 0.269. The molecule has 0 aliphatic heterocycles. The van der Waals surface area contributed by atoms with Gasteiger partial charge in [-0.3, -0.25) is 4.68 Å². The molecule has 0 aliphatic rings. The van der Waals surface area contributed by atoms with E-state index in [2.05, 4.69) is 46.2 Å². The zero-order chi connectivity index (χ0) is 21.1. The Bertz CT molecular complexity index is 1180. The molecule has 4 aromatic rings. The van der Waals surface area contributed by atoms with Crippen LogP contribution in [0.1, 0.15) is 38.2 Å². The maximum Gasteiger partial charge on any atom is 0.133 e. The lowest BCUT2D eigenvalue weighted by Crippen LogP contribution is -1.94. The minimum absolute atomic E-state index is 0.242. The summed E-state index contributed by atoms with van der Waals surface area (Å²) in [5.74, 6) is -0.242. The molecule has 3 aromatic carbocycles. The van der Waals surface area contributed by atoms with Crippen molar-refractivity contribution in [2.75, 3.05) is 0 Å². The molecule has 0 atom stereocenters. The fourth-order valence-electron chi connectivity index (χ4n) is 4.07. The number of halogens is 2. The summed E-state index contributed by atoms with van der Waals surface area (Å²) in [4.78, 5) is 0. The number of fused-ring (bicyclic) bond motifs is 1. The Morgan fingerprint density at radius 3 is 2.57 bits per heavy atom. The minimum Gasteiger partial charge on any atom is -0.267 e. The standard InChI is InChI=1S/C26H26BrFN2/c1-3-4-5-6-9-18-10-7-8-11-21(18)19-12-14-22(24(28)16-19)26-23-17-20(27)13-15-25(23)30(2)29-26/h7-8,10-17H,3-6,9H2,1-2H3. The molecule has 30 heavy (non-hydrogen) atoms. The summed E-state index contributed by atoms with van der Waals surface area (Å²) in [5, 5.41) is 5.54. The monoisotopic (exact) mass is 464 g/mol. The van der Waals surface area contributed by atoms with E-state index in [1.807, 2.05) is 43.4 Å². The lowest BCUT2D eigenvalue weighted by atomic mass is 9.94. The van der Waals surface area contributed by atoms with Gasteiger partial charge in [0.2, 0.25) is 0 Å². The van der Waals surface area contributed by atoms with Crippen molar-refractivity contribution in [2.45, 2.75) is 39.0 Å². The number of rotatable bonds is 7. The van der Waals surface area contributed by atoms with Crippen LogP contribution in [-0.2, 0) is 13.5 Å². The average molecular weight is 465 g/mol. The van der Waals surface area contributed by atoms with Gasteiger partial charge < -0.3 is 0 Å². The van der Waals surface area contributed by atoms with Crippen LogP contribution in [0.15, 0.2) is 65.1 Å². The lowest BCUT2D eigenvalue weighted by molar-refractivity contribution is 0.630. The highest BCUT2D eigenvalue weighted by molar-refractivity contribution is 9.10. The molecule has 154 valence electrons. The van der Waals surface area contributed by atoms with Crippen molar-refractivity contribution in [1.29, 1.82) is 0 Å². The van der Waals surface area contributed by atoms with Crippen LogP contribution in [0, 0.1) is 5.82 Å². The van der Waals surface area contributed by atoms with Gasteiger partial charge in [-0.2, -0.15) is 5.10 Å². The number of aromatic nitrogens is 2. The van der Waals surface area contributed by atoms with E-state index in [-0.39, 0.29) is 5.82 Å². The molecule has 1 aromatic heterocycles. The van der Waals surface area contributed by atoms with Gasteiger partial charge in [-0.25, -0.2) is 4.39 Å². The molecule has 2 nitrogen and oxygen atoms in total. The summed E-state index contributed by atoms with van der Waals surface area (Å²) in [6, 6.07) is 19.9. The molecule has 0 bridgehead atoms. The number of aryl methyl sites for hydroxylation is 2. The quantitative estimate of drug-likeness (QED) is 0.254. The predicted octanol–water partition coefficient (Wildman–Crippen LogP) is 7.93. The molecule has 4 heteroatoms. The third kappa shape index (κ3) is 4.20. The number of hydrogen-bond acceptors (Lipinski definition) is 1. The van der Waals surface area contributed by atoms with Gasteiger partial charge in [0, 0.05) is 22.5 Å². The van der Waals surface area contributed by atoms with Crippen LogP contribution in [0.5, 0.6) is 0 Å². The largest absolute Gasteiger partial charge is 0.267 e. The predicted molar refractivity (Wildman–Crippen MR) is 127 cm³/mol. The molecule has 0 saturated carbocycles. The normalized spacial score (nSPS) is 11.3. The summed E-state index contributed by atoms with van der Waals surface area (Å²) < 4.78 is 18.0. The van der Waals surface area contributed by atoms with Gasteiger partial charge in [0.05, 0.1) is 5.52 Å². The van der Waals surface area contributed by atoms with Crippen molar-refractivity contribution in [1.82, 2.24) is 9.78 Å². The lowest BCUT2D eigenvalue weighted by Gasteiger charge is -2.11. The number of unbranched alkanes of at least 4 members (excludes halogenated alkanes) is 3. The van der Waals surface area contributed by atoms with Crippen LogP contribution in [-0.4, -0.2) is 9.78 Å². The molecule has 0 aliphatic carbocycles. The van der Waals surface area contributed by atoms with E-state index in [9.17, 15) is 0 Å². The second-order valence-electron chi connectivity index (χ2n) is 7.80. The molecule has 1 heterocycles. The third-order valence-corrected chi connectivity index (χ3v) is 6.16. The Morgan fingerprint density at radius 2 is 1.77 bits per heavy atom. The summed E-state index contributed by atoms with van der Waals surface area (Å²) in [7, 11) is 1.89. The van der Waals surface area contributed by atoms with E-state index in [0.29, 0.717) is 11.3 Å². The summed E-state index contributed by atoms with van der Waals surface area (Å²) in [6.07, 6.45) is 5.92. The molecule has 0 spiro atoms. The Labute approximate surface area is 185 Å². The van der Waals surface area contributed by atoms with Crippen LogP contribution in [0.2, 0.25) is 0 Å². The average Bonchev–Trinajstić information content (AvgIpc) is 3.07. The van der Waals surface area contributed by atoms with Crippen molar-refractivity contribution in [3.8, 4) is 22.4 Å². The van der Waals surface area contributed by atoms with Crippen LogP contribution < -0.4 is 0 Å². The smallest absolute Gasteiger partial charge is 0.133 e. The molecule has 4 rings (SSSR count). The van der Waals surface area contributed by atoms with Crippen molar-refractivity contribution >= 4 is 26.8 Å². The first-order valence-corrected chi connectivity index (χ1v) is 11.4. The summed E-state index contributed by atoms with van der Waals surface area (Å²) >= 11 is 3.52. The highest BCUT2D eigenvalue weighted by Gasteiger charge is 2.16. The van der Waals surface area contributed by atoms with Crippen molar-refractivity contribution in [3.63, 3.8) is 0 Å². The molecule has 0 amide bonds. The third-order valence-electron chi connectivity index (χ3n) is 5.66. The topological polar surface area (TPSA) is 17.8 Å². The van der Waals surface area contributed by atoms with E-state index in [4.69, 9.17) is 0 Å². The zero-order valence-electron chi connectivity index (χ0n) is 17.5. The zero-order valence-corrected chi connectivity index (χ0v) is 19.0. The second-order valence-corrected chi connectivity index (χ2v) is 8.71.